The van der Waals surface area contributed by atoms with E-state index in [0.29, 0.717) is 19.5 Å². The first-order valence-electron chi connectivity index (χ1n) is 9.46. The van der Waals surface area contributed by atoms with Crippen LogP contribution in [0.25, 0.3) is 11.0 Å². The standard InChI is InChI=1S/C20H25N5O/c1-14-22-17-9-5-6-10-19(17)25(14)12-11-20(26)21-13-18-15-7-3-2-4-8-16(15)23-24-18/h5-6,9-10H,2-4,7-8,11-13H2,1H3,(H,21,26)(H,23,24). The summed E-state index contributed by atoms with van der Waals surface area (Å²) in [5.41, 5.74) is 5.63. The summed E-state index contributed by atoms with van der Waals surface area (Å²) in [5.74, 6) is 0.990. The SMILES string of the molecule is Cc1nc2ccccc2n1CCC(=O)NCc1n[nH]c2c1CCCCC2. The molecule has 1 aromatic carbocycles. The number of aromatic amines is 1. The summed E-state index contributed by atoms with van der Waals surface area (Å²) in [6.07, 6.45) is 6.28. The molecule has 1 amide bonds. The molecule has 0 aliphatic heterocycles. The number of para-hydroxylation sites is 2. The van der Waals surface area contributed by atoms with Crippen molar-refractivity contribution in [2.45, 2.75) is 58.5 Å². The van der Waals surface area contributed by atoms with E-state index in [1.165, 1.54) is 30.5 Å². The highest BCUT2D eigenvalue weighted by molar-refractivity contribution is 5.78. The lowest BCUT2D eigenvalue weighted by molar-refractivity contribution is -0.121. The number of rotatable bonds is 5. The average molecular weight is 351 g/mol. The first-order chi connectivity index (χ1) is 12.7. The van der Waals surface area contributed by atoms with Crippen molar-refractivity contribution in [2.24, 2.45) is 0 Å². The molecule has 0 spiro atoms. The summed E-state index contributed by atoms with van der Waals surface area (Å²) in [7, 11) is 0. The van der Waals surface area contributed by atoms with Gasteiger partial charge in [0, 0.05) is 18.7 Å². The molecule has 0 atom stereocenters. The maximum atomic E-state index is 12.3. The number of nitrogens with zero attached hydrogens (tertiary/aromatic N) is 3. The number of hydrogen-bond donors (Lipinski definition) is 2. The fraction of sp³-hybridized carbons (Fsp3) is 0.450. The van der Waals surface area contributed by atoms with Crippen molar-refractivity contribution in [2.75, 3.05) is 0 Å². The molecule has 2 aromatic heterocycles. The Kier molecular flexibility index (Phi) is 4.73. The van der Waals surface area contributed by atoms with Crippen LogP contribution >= 0.6 is 0 Å². The molecule has 0 fully saturated rings. The highest BCUT2D eigenvalue weighted by Gasteiger charge is 2.16. The van der Waals surface area contributed by atoms with Gasteiger partial charge in [0.15, 0.2) is 0 Å². The van der Waals surface area contributed by atoms with Gasteiger partial charge >= 0.3 is 0 Å². The van der Waals surface area contributed by atoms with Gasteiger partial charge in [-0.2, -0.15) is 5.10 Å². The number of aromatic nitrogens is 4. The number of fused-ring (bicyclic) bond motifs is 2. The summed E-state index contributed by atoms with van der Waals surface area (Å²) in [6, 6.07) is 8.04. The van der Waals surface area contributed by atoms with Gasteiger partial charge in [-0.3, -0.25) is 9.89 Å². The van der Waals surface area contributed by atoms with E-state index in [1.807, 2.05) is 31.2 Å². The number of H-pyrrole nitrogens is 1. The Bertz CT molecular complexity index is 924. The van der Waals surface area contributed by atoms with E-state index in [2.05, 4.69) is 25.1 Å². The van der Waals surface area contributed by atoms with Gasteiger partial charge in [-0.05, 0) is 50.3 Å². The molecule has 26 heavy (non-hydrogen) atoms. The third-order valence-electron chi connectivity index (χ3n) is 5.25. The number of amides is 1. The lowest BCUT2D eigenvalue weighted by atomic mass is 10.1. The van der Waals surface area contributed by atoms with Crippen molar-refractivity contribution in [3.63, 3.8) is 0 Å². The van der Waals surface area contributed by atoms with Crippen molar-refractivity contribution in [1.29, 1.82) is 0 Å². The topological polar surface area (TPSA) is 75.6 Å². The smallest absolute Gasteiger partial charge is 0.222 e. The van der Waals surface area contributed by atoms with Crippen LogP contribution in [0.15, 0.2) is 24.3 Å². The van der Waals surface area contributed by atoms with Gasteiger partial charge in [-0.15, -0.1) is 0 Å². The molecule has 1 aliphatic rings. The minimum Gasteiger partial charge on any atom is -0.350 e. The lowest BCUT2D eigenvalue weighted by Crippen LogP contribution is -2.24. The van der Waals surface area contributed by atoms with E-state index < -0.39 is 0 Å². The molecule has 1 aliphatic carbocycles. The third-order valence-corrected chi connectivity index (χ3v) is 5.25. The van der Waals surface area contributed by atoms with E-state index in [0.717, 1.165) is 35.4 Å². The Balaban J connectivity index is 1.36. The molecule has 6 heteroatoms. The van der Waals surface area contributed by atoms with Crippen LogP contribution in [0.5, 0.6) is 0 Å². The summed E-state index contributed by atoms with van der Waals surface area (Å²) in [6.45, 7) is 3.13. The zero-order chi connectivity index (χ0) is 17.9. The number of imidazole rings is 1. The normalized spacial score (nSPS) is 14.2. The number of aryl methyl sites for hydroxylation is 3. The van der Waals surface area contributed by atoms with Gasteiger partial charge in [-0.25, -0.2) is 4.98 Å². The van der Waals surface area contributed by atoms with Crippen LogP contribution in [0.1, 0.15) is 48.5 Å². The maximum absolute atomic E-state index is 12.3. The Morgan fingerprint density at radius 2 is 2.08 bits per heavy atom. The van der Waals surface area contributed by atoms with Gasteiger partial charge < -0.3 is 9.88 Å². The minimum atomic E-state index is 0.0487. The van der Waals surface area contributed by atoms with Crippen LogP contribution in [0.3, 0.4) is 0 Å². The van der Waals surface area contributed by atoms with Gasteiger partial charge in [0.05, 0.1) is 23.3 Å². The van der Waals surface area contributed by atoms with Crippen LogP contribution < -0.4 is 5.32 Å². The zero-order valence-electron chi connectivity index (χ0n) is 15.2. The number of hydrogen-bond acceptors (Lipinski definition) is 3. The predicted octanol–water partition coefficient (Wildman–Crippen LogP) is 3.04. The van der Waals surface area contributed by atoms with Crippen molar-refractivity contribution < 1.29 is 4.79 Å². The lowest BCUT2D eigenvalue weighted by Gasteiger charge is -2.08. The molecule has 4 rings (SSSR count). The van der Waals surface area contributed by atoms with Gasteiger partial charge in [0.25, 0.3) is 0 Å². The molecular weight excluding hydrogens is 326 g/mol. The zero-order valence-corrected chi connectivity index (χ0v) is 15.2. The monoisotopic (exact) mass is 351 g/mol. The molecular formula is C20H25N5O. The first kappa shape index (κ1) is 16.8. The Hall–Kier alpha value is -2.63. The van der Waals surface area contributed by atoms with Crippen molar-refractivity contribution in [3.8, 4) is 0 Å². The molecule has 0 saturated carbocycles. The molecule has 0 radical (unpaired) electrons. The second-order valence-electron chi connectivity index (χ2n) is 7.01. The van der Waals surface area contributed by atoms with Crippen molar-refractivity contribution in [1.82, 2.24) is 25.1 Å². The van der Waals surface area contributed by atoms with Crippen LogP contribution in [-0.2, 0) is 30.7 Å². The maximum Gasteiger partial charge on any atom is 0.222 e. The Morgan fingerprint density at radius 3 is 3.00 bits per heavy atom. The number of nitrogens with one attached hydrogen (secondary N) is 2. The second kappa shape index (κ2) is 7.32. The Morgan fingerprint density at radius 1 is 1.23 bits per heavy atom. The van der Waals surface area contributed by atoms with Gasteiger partial charge in [0.1, 0.15) is 5.82 Å². The first-order valence-corrected chi connectivity index (χ1v) is 9.46. The van der Waals surface area contributed by atoms with E-state index >= 15 is 0 Å². The molecule has 0 bridgehead atoms. The number of carbonyl (C=O) groups is 1. The van der Waals surface area contributed by atoms with Crippen LogP contribution in [0.2, 0.25) is 0 Å². The summed E-state index contributed by atoms with van der Waals surface area (Å²) < 4.78 is 2.11. The number of carbonyl (C=O) groups excluding carboxylic acids is 1. The molecule has 6 nitrogen and oxygen atoms in total. The molecule has 3 aromatic rings. The highest BCUT2D eigenvalue weighted by atomic mass is 16.1. The van der Waals surface area contributed by atoms with Gasteiger partial charge in [-0.1, -0.05) is 18.6 Å². The molecule has 0 saturated heterocycles. The van der Waals surface area contributed by atoms with Crippen LogP contribution in [-0.4, -0.2) is 25.7 Å². The minimum absolute atomic E-state index is 0.0487. The molecule has 0 unspecified atom stereocenters. The third kappa shape index (κ3) is 3.36. The van der Waals surface area contributed by atoms with Crippen molar-refractivity contribution in [3.05, 3.63) is 47.0 Å². The Labute approximate surface area is 153 Å². The van der Waals surface area contributed by atoms with E-state index in [9.17, 15) is 4.79 Å². The molecule has 136 valence electrons. The van der Waals surface area contributed by atoms with Crippen LogP contribution in [0.4, 0.5) is 0 Å². The van der Waals surface area contributed by atoms with E-state index in [-0.39, 0.29) is 5.91 Å². The summed E-state index contributed by atoms with van der Waals surface area (Å²) in [4.78, 5) is 16.9. The number of benzene rings is 1. The average Bonchev–Trinajstić information content (AvgIpc) is 3.08. The fourth-order valence-electron chi connectivity index (χ4n) is 3.83. The summed E-state index contributed by atoms with van der Waals surface area (Å²) in [5, 5.41) is 10.6. The largest absolute Gasteiger partial charge is 0.350 e. The molecule has 2 N–H and O–H groups in total. The van der Waals surface area contributed by atoms with Crippen LogP contribution in [0, 0.1) is 6.92 Å². The van der Waals surface area contributed by atoms with Crippen molar-refractivity contribution >= 4 is 16.9 Å². The van der Waals surface area contributed by atoms with E-state index in [4.69, 9.17) is 0 Å². The second-order valence-corrected chi connectivity index (χ2v) is 7.01. The highest BCUT2D eigenvalue weighted by Crippen LogP contribution is 2.21. The quantitative estimate of drug-likeness (QED) is 0.694. The van der Waals surface area contributed by atoms with Gasteiger partial charge in [0.2, 0.25) is 5.91 Å². The predicted molar refractivity (Wildman–Crippen MR) is 101 cm³/mol. The summed E-state index contributed by atoms with van der Waals surface area (Å²) >= 11 is 0. The van der Waals surface area contributed by atoms with E-state index in [1.54, 1.807) is 0 Å². The fourth-order valence-corrected chi connectivity index (χ4v) is 3.83. The molecule has 2 heterocycles.